The van der Waals surface area contributed by atoms with E-state index >= 15 is 0 Å². The average Bonchev–Trinajstić information content (AvgIpc) is 3.33. The Morgan fingerprint density at radius 1 is 0.483 bits per heavy atom. The zero-order valence-electron chi connectivity index (χ0n) is 34.5. The van der Waals surface area contributed by atoms with E-state index in [9.17, 15) is 9.59 Å². The van der Waals surface area contributed by atoms with Gasteiger partial charge in [-0.05, 0) is 96.6 Å². The van der Waals surface area contributed by atoms with Gasteiger partial charge < -0.3 is 39.7 Å². The number of ether oxygens (including phenoxy) is 2. The molecule has 2 saturated heterocycles. The summed E-state index contributed by atoms with van der Waals surface area (Å²) in [5.74, 6) is 1.91. The lowest BCUT2D eigenvalue weighted by Gasteiger charge is -2.36. The summed E-state index contributed by atoms with van der Waals surface area (Å²) in [6.07, 6.45) is 0. The Balaban J connectivity index is 0.000000181. The summed E-state index contributed by atoms with van der Waals surface area (Å²) in [7, 11) is 3.35. The van der Waals surface area contributed by atoms with Crippen LogP contribution in [0.5, 0.6) is 11.5 Å². The first-order valence-electron chi connectivity index (χ1n) is 20.6. The van der Waals surface area contributed by atoms with Crippen molar-refractivity contribution in [2.75, 3.05) is 87.0 Å². The van der Waals surface area contributed by atoms with Crippen molar-refractivity contribution in [3.8, 4) is 11.5 Å². The van der Waals surface area contributed by atoms with Crippen LogP contribution in [0.1, 0.15) is 31.8 Å². The second-order valence-corrected chi connectivity index (χ2v) is 14.8. The summed E-state index contributed by atoms with van der Waals surface area (Å²) in [6.45, 7) is 7.75. The fourth-order valence-electron chi connectivity index (χ4n) is 7.47. The minimum Gasteiger partial charge on any atom is -0.497 e. The van der Waals surface area contributed by atoms with Gasteiger partial charge in [-0.3, -0.25) is 9.59 Å². The molecule has 0 spiro atoms. The predicted molar refractivity (Wildman–Crippen MR) is 243 cm³/mol. The third-order valence-electron chi connectivity index (χ3n) is 10.9. The fraction of sp³-hybridized carbons (Fsp3) is 0.240. The number of amides is 2. The first kappa shape index (κ1) is 41.2. The molecule has 6 aromatic rings. The zero-order valence-corrected chi connectivity index (χ0v) is 34.5. The highest BCUT2D eigenvalue weighted by molar-refractivity contribution is 5.95. The van der Waals surface area contributed by atoms with Gasteiger partial charge in [0, 0.05) is 105 Å². The maximum absolute atomic E-state index is 12.9. The summed E-state index contributed by atoms with van der Waals surface area (Å²) >= 11 is 0. The van der Waals surface area contributed by atoms with Crippen LogP contribution in [-0.4, -0.2) is 88.2 Å². The molecule has 0 radical (unpaired) electrons. The van der Waals surface area contributed by atoms with Crippen LogP contribution in [0.2, 0.25) is 0 Å². The van der Waals surface area contributed by atoms with Crippen LogP contribution in [0, 0.1) is 0 Å². The monoisotopic (exact) mass is 802 g/mol. The molecule has 2 heterocycles. The molecule has 0 atom stereocenters. The molecule has 10 nitrogen and oxygen atoms in total. The van der Waals surface area contributed by atoms with Gasteiger partial charge in [0.2, 0.25) is 0 Å². The van der Waals surface area contributed by atoms with E-state index in [2.05, 4.69) is 75.0 Å². The molecule has 2 aliphatic heterocycles. The van der Waals surface area contributed by atoms with Gasteiger partial charge in [0.1, 0.15) is 11.5 Å². The Labute approximate surface area is 354 Å². The first-order chi connectivity index (χ1) is 29.5. The number of carbonyl (C=O) groups is 2. The van der Waals surface area contributed by atoms with Crippen LogP contribution < -0.4 is 29.9 Å². The molecule has 0 aliphatic carbocycles. The summed E-state index contributed by atoms with van der Waals surface area (Å²) in [5.41, 5.74) is 8.10. The highest BCUT2D eigenvalue weighted by Crippen LogP contribution is 2.22. The third kappa shape index (κ3) is 11.0. The van der Waals surface area contributed by atoms with E-state index in [0.717, 1.165) is 97.5 Å². The van der Waals surface area contributed by atoms with Crippen LogP contribution in [0.4, 0.5) is 22.7 Å². The lowest BCUT2D eigenvalue weighted by Crippen LogP contribution is -2.48. The van der Waals surface area contributed by atoms with E-state index < -0.39 is 0 Å². The number of nitrogens with one attached hydrogen (secondary N) is 2. The molecule has 0 unspecified atom stereocenters. The van der Waals surface area contributed by atoms with Gasteiger partial charge in [-0.25, -0.2) is 0 Å². The Bertz CT molecular complexity index is 2260. The third-order valence-corrected chi connectivity index (χ3v) is 10.9. The van der Waals surface area contributed by atoms with Crippen LogP contribution in [0.15, 0.2) is 158 Å². The van der Waals surface area contributed by atoms with E-state index in [1.807, 2.05) is 113 Å². The molecule has 2 amide bonds. The van der Waals surface area contributed by atoms with Crippen LogP contribution in [0.3, 0.4) is 0 Å². The van der Waals surface area contributed by atoms with Crippen molar-refractivity contribution in [2.24, 2.45) is 0 Å². The van der Waals surface area contributed by atoms with Crippen molar-refractivity contribution >= 4 is 34.6 Å². The minimum absolute atomic E-state index is 0.0963. The summed E-state index contributed by atoms with van der Waals surface area (Å²) in [5, 5.41) is 6.79. The second kappa shape index (κ2) is 20.7. The number of rotatable bonds is 12. The van der Waals surface area contributed by atoms with Crippen LogP contribution >= 0.6 is 0 Å². The fourth-order valence-corrected chi connectivity index (χ4v) is 7.47. The topological polar surface area (TPSA) is 89.6 Å². The molecule has 10 heteroatoms. The number of anilines is 4. The van der Waals surface area contributed by atoms with Gasteiger partial charge in [-0.1, -0.05) is 66.7 Å². The number of hydrogen-bond donors (Lipinski definition) is 2. The van der Waals surface area contributed by atoms with Crippen molar-refractivity contribution in [1.82, 2.24) is 9.80 Å². The van der Waals surface area contributed by atoms with E-state index in [-0.39, 0.29) is 11.8 Å². The number of carbonyl (C=O) groups excluding carboxylic acids is 2. The van der Waals surface area contributed by atoms with Crippen molar-refractivity contribution in [3.63, 3.8) is 0 Å². The number of nitrogens with zero attached hydrogens (tertiary/aromatic N) is 4. The molecule has 0 aromatic heterocycles. The summed E-state index contributed by atoms with van der Waals surface area (Å²) in [6, 6.07) is 52.1. The Morgan fingerprint density at radius 3 is 1.43 bits per heavy atom. The van der Waals surface area contributed by atoms with E-state index in [0.29, 0.717) is 13.1 Å². The molecule has 60 heavy (non-hydrogen) atoms. The number of para-hydroxylation sites is 3. The molecule has 308 valence electrons. The molecule has 2 aliphatic rings. The Kier molecular flexibility index (Phi) is 14.2. The predicted octanol–water partition coefficient (Wildman–Crippen LogP) is 8.54. The van der Waals surface area contributed by atoms with Crippen molar-refractivity contribution in [2.45, 2.75) is 13.1 Å². The minimum atomic E-state index is 0.0963. The maximum Gasteiger partial charge on any atom is 0.253 e. The number of benzene rings is 6. The first-order valence-corrected chi connectivity index (χ1v) is 20.6. The molecule has 0 saturated carbocycles. The molecule has 0 bridgehead atoms. The van der Waals surface area contributed by atoms with Crippen molar-refractivity contribution in [3.05, 3.63) is 180 Å². The lowest BCUT2D eigenvalue weighted by molar-refractivity contribution is 0.0739. The molecule has 2 fully saturated rings. The largest absolute Gasteiger partial charge is 0.497 e. The maximum atomic E-state index is 12.9. The Morgan fingerprint density at radius 2 is 0.950 bits per heavy atom. The second-order valence-electron chi connectivity index (χ2n) is 14.8. The molecule has 6 aromatic carbocycles. The number of piperazine rings is 2. The smallest absolute Gasteiger partial charge is 0.253 e. The number of methoxy groups -OCH3 is 2. The highest BCUT2D eigenvalue weighted by atomic mass is 16.5. The van der Waals surface area contributed by atoms with E-state index in [4.69, 9.17) is 9.47 Å². The molecule has 8 rings (SSSR count). The molecular weight excluding hydrogens is 749 g/mol. The lowest BCUT2D eigenvalue weighted by atomic mass is 10.1. The highest BCUT2D eigenvalue weighted by Gasteiger charge is 2.23. The van der Waals surface area contributed by atoms with Gasteiger partial charge in [0.05, 0.1) is 14.2 Å². The summed E-state index contributed by atoms with van der Waals surface area (Å²) < 4.78 is 10.7. The van der Waals surface area contributed by atoms with Crippen LogP contribution in [0.25, 0.3) is 0 Å². The quantitative estimate of drug-likeness (QED) is 0.127. The van der Waals surface area contributed by atoms with E-state index in [1.165, 1.54) is 11.4 Å². The normalized spacial score (nSPS) is 13.8. The molecular formula is C50H54N6O4. The zero-order chi connectivity index (χ0) is 41.5. The van der Waals surface area contributed by atoms with Crippen molar-refractivity contribution in [1.29, 1.82) is 0 Å². The van der Waals surface area contributed by atoms with Gasteiger partial charge in [-0.2, -0.15) is 0 Å². The number of hydrogen-bond acceptors (Lipinski definition) is 8. The van der Waals surface area contributed by atoms with Crippen molar-refractivity contribution < 1.29 is 19.1 Å². The van der Waals surface area contributed by atoms with Crippen LogP contribution in [-0.2, 0) is 13.1 Å². The van der Waals surface area contributed by atoms with Gasteiger partial charge in [-0.15, -0.1) is 0 Å². The summed E-state index contributed by atoms with van der Waals surface area (Å²) in [4.78, 5) is 34.3. The average molecular weight is 803 g/mol. The van der Waals surface area contributed by atoms with Gasteiger partial charge >= 0.3 is 0 Å². The van der Waals surface area contributed by atoms with Gasteiger partial charge in [0.25, 0.3) is 11.8 Å². The SMILES string of the molecule is COc1cccc(CNc2ccc(C(=O)N3CCN(c4ccccc4)CC3)cc2)c1.COc1ccccc1CNc1ccc(C(=O)N2CCN(c3ccccc3)CC2)cc1. The standard InChI is InChI=1S/2C25H27N3O2/c1-30-24-10-6-5-7-21(24)19-26-22-13-11-20(12-14-22)25(29)28-17-15-27(16-18-28)23-8-3-2-4-9-23;1-30-24-9-5-6-20(18-24)19-26-22-12-10-21(11-13-22)25(29)28-16-14-27(15-17-28)23-7-3-2-4-8-23/h2-14,26H,15-19H2,1H3;2-13,18,26H,14-17,19H2,1H3. The molecule has 2 N–H and O–H groups in total. The Hall–Kier alpha value is -6.94. The van der Waals surface area contributed by atoms with Gasteiger partial charge in [0.15, 0.2) is 0 Å². The van der Waals surface area contributed by atoms with E-state index in [1.54, 1.807) is 14.2 Å².